The van der Waals surface area contributed by atoms with Crippen LogP contribution >= 0.6 is 0 Å². The van der Waals surface area contributed by atoms with Crippen molar-refractivity contribution in [3.8, 4) is 11.1 Å². The fourth-order valence-electron chi connectivity index (χ4n) is 3.20. The van der Waals surface area contributed by atoms with Crippen LogP contribution in [0.15, 0.2) is 66.9 Å². The zero-order chi connectivity index (χ0) is 19.5. The molecule has 1 aromatic heterocycles. The first-order valence-corrected chi connectivity index (χ1v) is 9.79. The zero-order valence-electron chi connectivity index (χ0n) is 16.3. The third kappa shape index (κ3) is 4.39. The quantitative estimate of drug-likeness (QED) is 0.612. The second kappa shape index (κ2) is 7.85. The van der Waals surface area contributed by atoms with Crippen molar-refractivity contribution < 1.29 is 4.79 Å². The zero-order valence-corrected chi connectivity index (χ0v) is 16.3. The van der Waals surface area contributed by atoms with Crippen LogP contribution in [0.25, 0.3) is 11.1 Å². The van der Waals surface area contributed by atoms with Gasteiger partial charge in [0.2, 0.25) is 5.91 Å². The molecule has 3 aromatic rings. The summed E-state index contributed by atoms with van der Waals surface area (Å²) in [5, 5.41) is 6.49. The third-order valence-corrected chi connectivity index (χ3v) is 5.13. The molecule has 0 radical (unpaired) electrons. The highest BCUT2D eigenvalue weighted by Gasteiger charge is 2.21. The fourth-order valence-corrected chi connectivity index (χ4v) is 3.20. The van der Waals surface area contributed by atoms with E-state index < -0.39 is 0 Å². The lowest BCUT2D eigenvalue weighted by atomic mass is 9.99. The molecule has 4 rings (SSSR count). The van der Waals surface area contributed by atoms with E-state index >= 15 is 0 Å². The van der Waals surface area contributed by atoms with E-state index in [9.17, 15) is 4.79 Å². The van der Waals surface area contributed by atoms with E-state index in [1.54, 1.807) is 0 Å². The highest BCUT2D eigenvalue weighted by atomic mass is 16.1. The largest absolute Gasteiger partial charge is 0.382 e. The number of hydrogen-bond acceptors (Lipinski definition) is 3. The molecule has 1 unspecified atom stereocenters. The van der Waals surface area contributed by atoms with Crippen LogP contribution in [-0.4, -0.2) is 16.9 Å². The Hall–Kier alpha value is -3.14. The van der Waals surface area contributed by atoms with Crippen LogP contribution in [0.2, 0.25) is 0 Å². The van der Waals surface area contributed by atoms with Gasteiger partial charge < -0.3 is 10.6 Å². The number of rotatable bonds is 6. The average molecular weight is 371 g/mol. The SMILES string of the molecule is Cc1cc(-c2ccc(NC(=O)C(C)c3ccc(NC4CC4)cc3)cc2)ccn1. The van der Waals surface area contributed by atoms with Crippen LogP contribution in [-0.2, 0) is 4.79 Å². The Balaban J connectivity index is 1.39. The van der Waals surface area contributed by atoms with Gasteiger partial charge in [0.05, 0.1) is 5.92 Å². The molecule has 0 spiro atoms. The van der Waals surface area contributed by atoms with Gasteiger partial charge in [0.1, 0.15) is 0 Å². The lowest BCUT2D eigenvalue weighted by Crippen LogP contribution is -2.18. The van der Waals surface area contributed by atoms with E-state index in [1.807, 2.05) is 62.5 Å². The minimum atomic E-state index is -0.211. The van der Waals surface area contributed by atoms with Gasteiger partial charge in [-0.05, 0) is 79.8 Å². The highest BCUT2D eigenvalue weighted by molar-refractivity contribution is 5.95. The lowest BCUT2D eigenvalue weighted by Gasteiger charge is -2.14. The molecule has 28 heavy (non-hydrogen) atoms. The van der Waals surface area contributed by atoms with Crippen molar-refractivity contribution in [3.63, 3.8) is 0 Å². The van der Waals surface area contributed by atoms with Crippen molar-refractivity contribution in [2.75, 3.05) is 10.6 Å². The molecular weight excluding hydrogens is 346 g/mol. The number of aryl methyl sites for hydroxylation is 1. The second-order valence-corrected chi connectivity index (χ2v) is 7.51. The summed E-state index contributed by atoms with van der Waals surface area (Å²) < 4.78 is 0. The standard InChI is InChI=1S/C24H25N3O/c1-16-15-20(13-14-25-16)19-5-9-23(10-6-19)27-24(28)17(2)18-3-7-21(8-4-18)26-22-11-12-22/h3-10,13-15,17,22,26H,11-12H2,1-2H3,(H,27,28). The first kappa shape index (κ1) is 18.2. The number of nitrogens with one attached hydrogen (secondary N) is 2. The first-order chi connectivity index (χ1) is 13.6. The molecule has 0 aliphatic heterocycles. The third-order valence-electron chi connectivity index (χ3n) is 5.13. The summed E-state index contributed by atoms with van der Waals surface area (Å²) in [6, 6.07) is 20.8. The predicted octanol–water partition coefficient (Wildman–Crippen LogP) is 5.37. The van der Waals surface area contributed by atoms with E-state index in [4.69, 9.17) is 0 Å². The number of nitrogens with zero attached hydrogens (tertiary/aromatic N) is 1. The van der Waals surface area contributed by atoms with Crippen molar-refractivity contribution in [1.29, 1.82) is 0 Å². The normalized spacial score (nSPS) is 14.4. The molecule has 1 aliphatic carbocycles. The molecule has 4 heteroatoms. The molecule has 142 valence electrons. The molecule has 1 aliphatic rings. The van der Waals surface area contributed by atoms with Crippen LogP contribution in [0.3, 0.4) is 0 Å². The summed E-state index contributed by atoms with van der Waals surface area (Å²) in [6.07, 6.45) is 4.31. The topological polar surface area (TPSA) is 54.0 Å². The molecule has 2 N–H and O–H groups in total. The number of hydrogen-bond donors (Lipinski definition) is 2. The maximum atomic E-state index is 12.7. The van der Waals surface area contributed by atoms with E-state index in [-0.39, 0.29) is 11.8 Å². The molecule has 1 heterocycles. The van der Waals surface area contributed by atoms with Crippen molar-refractivity contribution in [3.05, 3.63) is 78.1 Å². The number of aromatic nitrogens is 1. The minimum absolute atomic E-state index is 0.00425. The number of pyridine rings is 1. The molecule has 1 fully saturated rings. The average Bonchev–Trinajstić information content (AvgIpc) is 3.52. The van der Waals surface area contributed by atoms with Gasteiger partial charge in [0, 0.05) is 29.3 Å². The van der Waals surface area contributed by atoms with Gasteiger partial charge in [0.25, 0.3) is 0 Å². The summed E-state index contributed by atoms with van der Waals surface area (Å²) >= 11 is 0. The lowest BCUT2D eigenvalue weighted by molar-refractivity contribution is -0.117. The number of carbonyl (C=O) groups excluding carboxylic acids is 1. The van der Waals surface area contributed by atoms with Crippen molar-refractivity contribution in [1.82, 2.24) is 4.98 Å². The molecule has 1 saturated carbocycles. The first-order valence-electron chi connectivity index (χ1n) is 9.79. The van der Waals surface area contributed by atoms with Gasteiger partial charge in [-0.2, -0.15) is 0 Å². The maximum Gasteiger partial charge on any atom is 0.231 e. The highest BCUT2D eigenvalue weighted by Crippen LogP contribution is 2.27. The Morgan fingerprint density at radius 3 is 2.29 bits per heavy atom. The minimum Gasteiger partial charge on any atom is -0.382 e. The van der Waals surface area contributed by atoms with Crippen LogP contribution in [0.4, 0.5) is 11.4 Å². The molecule has 2 aromatic carbocycles. The number of carbonyl (C=O) groups is 1. The number of benzene rings is 2. The fraction of sp³-hybridized carbons (Fsp3) is 0.250. The van der Waals surface area contributed by atoms with E-state index in [0.29, 0.717) is 6.04 Å². The van der Waals surface area contributed by atoms with Crippen molar-refractivity contribution in [2.24, 2.45) is 0 Å². The van der Waals surface area contributed by atoms with Gasteiger partial charge in [-0.25, -0.2) is 0 Å². The van der Waals surface area contributed by atoms with E-state index in [1.165, 1.54) is 12.8 Å². The number of anilines is 2. The Labute approximate surface area is 166 Å². The Kier molecular flexibility index (Phi) is 5.11. The summed E-state index contributed by atoms with van der Waals surface area (Å²) in [5.74, 6) is -0.215. The van der Waals surface area contributed by atoms with Crippen LogP contribution in [0.5, 0.6) is 0 Å². The van der Waals surface area contributed by atoms with Gasteiger partial charge in [0.15, 0.2) is 0 Å². The van der Waals surface area contributed by atoms with Gasteiger partial charge in [-0.1, -0.05) is 24.3 Å². The van der Waals surface area contributed by atoms with Gasteiger partial charge in [-0.15, -0.1) is 0 Å². The molecule has 1 amide bonds. The number of amides is 1. The monoisotopic (exact) mass is 371 g/mol. The summed E-state index contributed by atoms with van der Waals surface area (Å²) in [5.41, 5.74) is 6.16. The Morgan fingerprint density at radius 1 is 0.964 bits per heavy atom. The molecule has 0 bridgehead atoms. The van der Waals surface area contributed by atoms with E-state index in [0.717, 1.165) is 33.8 Å². The van der Waals surface area contributed by atoms with Gasteiger partial charge >= 0.3 is 0 Å². The predicted molar refractivity (Wildman–Crippen MR) is 115 cm³/mol. The molecular formula is C24H25N3O. The van der Waals surface area contributed by atoms with Crippen molar-refractivity contribution in [2.45, 2.75) is 38.6 Å². The molecule has 0 saturated heterocycles. The maximum absolute atomic E-state index is 12.7. The summed E-state index contributed by atoms with van der Waals surface area (Å²) in [6.45, 7) is 3.92. The van der Waals surface area contributed by atoms with Crippen molar-refractivity contribution >= 4 is 17.3 Å². The van der Waals surface area contributed by atoms with Crippen LogP contribution < -0.4 is 10.6 Å². The summed E-state index contributed by atoms with van der Waals surface area (Å²) in [4.78, 5) is 16.9. The smallest absolute Gasteiger partial charge is 0.231 e. The molecule has 4 nitrogen and oxygen atoms in total. The van der Waals surface area contributed by atoms with E-state index in [2.05, 4.69) is 33.8 Å². The van der Waals surface area contributed by atoms with Crippen LogP contribution in [0.1, 0.15) is 36.9 Å². The Morgan fingerprint density at radius 2 is 1.64 bits per heavy atom. The van der Waals surface area contributed by atoms with Gasteiger partial charge in [-0.3, -0.25) is 9.78 Å². The Bertz CT molecular complexity index is 960. The second-order valence-electron chi connectivity index (χ2n) is 7.51. The molecule has 1 atom stereocenters. The van der Waals surface area contributed by atoms with Crippen LogP contribution in [0, 0.1) is 6.92 Å². The summed E-state index contributed by atoms with van der Waals surface area (Å²) in [7, 11) is 0.